The van der Waals surface area contributed by atoms with Crippen LogP contribution >= 0.6 is 0 Å². The van der Waals surface area contributed by atoms with E-state index in [2.05, 4.69) is 4.98 Å². The van der Waals surface area contributed by atoms with Gasteiger partial charge in [-0.15, -0.1) is 0 Å². The van der Waals surface area contributed by atoms with Gasteiger partial charge in [0.1, 0.15) is 12.4 Å². The van der Waals surface area contributed by atoms with Crippen molar-refractivity contribution in [3.63, 3.8) is 0 Å². The van der Waals surface area contributed by atoms with Gasteiger partial charge in [-0.3, -0.25) is 4.98 Å². The number of nitrogens with one attached hydrogen (secondary N) is 1. The first kappa shape index (κ1) is 22.0. The first-order valence-electron chi connectivity index (χ1n) is 9.12. The van der Waals surface area contributed by atoms with Crippen molar-refractivity contribution in [2.75, 3.05) is 6.61 Å². The van der Waals surface area contributed by atoms with Crippen LogP contribution in [-0.2, 0) is 10.0 Å². The summed E-state index contributed by atoms with van der Waals surface area (Å²) in [6.45, 7) is 3.98. The Morgan fingerprint density at radius 3 is 2.33 bits per heavy atom. The Morgan fingerprint density at radius 2 is 1.70 bits per heavy atom. The number of ether oxygens (including phenoxy) is 1. The molecule has 0 fully saturated rings. The summed E-state index contributed by atoms with van der Waals surface area (Å²) < 4.78 is 73.6. The molecule has 3 rings (SSSR count). The zero-order valence-corrected chi connectivity index (χ0v) is 17.4. The van der Waals surface area contributed by atoms with E-state index >= 15 is 0 Å². The summed E-state index contributed by atoms with van der Waals surface area (Å²) in [5, 5.41) is 0.536. The molecule has 0 radical (unpaired) electrons. The molecule has 0 aliphatic rings. The van der Waals surface area contributed by atoms with E-state index in [4.69, 9.17) is 4.74 Å². The van der Waals surface area contributed by atoms with E-state index in [1.165, 1.54) is 12.3 Å². The zero-order chi connectivity index (χ0) is 22.1. The number of alkyl halides is 3. The summed E-state index contributed by atoms with van der Waals surface area (Å²) in [5.74, 6) is 0.191. The number of hydrogen-bond acceptors (Lipinski definition) is 4. The minimum Gasteiger partial charge on any atom is -0.491 e. The van der Waals surface area contributed by atoms with Crippen molar-refractivity contribution in [1.82, 2.24) is 9.71 Å². The second kappa shape index (κ2) is 8.23. The number of pyridine rings is 1. The van der Waals surface area contributed by atoms with Crippen molar-refractivity contribution >= 4 is 20.9 Å². The maximum atomic E-state index is 13.6. The third-order valence-electron chi connectivity index (χ3n) is 4.58. The van der Waals surface area contributed by atoms with Gasteiger partial charge in [-0.05, 0) is 50.1 Å². The van der Waals surface area contributed by atoms with Crippen molar-refractivity contribution in [3.05, 3.63) is 65.4 Å². The molecule has 1 aromatic heterocycles. The van der Waals surface area contributed by atoms with Crippen molar-refractivity contribution < 1.29 is 26.3 Å². The van der Waals surface area contributed by atoms with Gasteiger partial charge < -0.3 is 4.74 Å². The van der Waals surface area contributed by atoms with Crippen molar-refractivity contribution in [2.45, 2.75) is 37.9 Å². The molecular weight excluding hydrogens is 417 g/mol. The molecule has 2 aromatic carbocycles. The standard InChI is InChI=1S/C21H21F3N2O3S/c1-13-10-14(2)20(15(3)11-13)30(27,28)26-19(21(22,23)24)12-29-18-8-9-25-17-7-5-4-6-16(17)18/h4-11,19,26H,12H2,1-3H3. The lowest BCUT2D eigenvalue weighted by Crippen LogP contribution is -2.49. The third kappa shape index (κ3) is 4.73. The molecule has 160 valence electrons. The molecular formula is C21H21F3N2O3S. The number of hydrogen-bond donors (Lipinski definition) is 1. The lowest BCUT2D eigenvalue weighted by molar-refractivity contribution is -0.157. The number of aromatic nitrogens is 1. The van der Waals surface area contributed by atoms with Gasteiger partial charge in [0.05, 0.1) is 10.4 Å². The van der Waals surface area contributed by atoms with E-state index in [-0.39, 0.29) is 10.6 Å². The fourth-order valence-electron chi connectivity index (χ4n) is 3.40. The molecule has 0 aliphatic carbocycles. The van der Waals surface area contributed by atoms with E-state index < -0.39 is 28.8 Å². The monoisotopic (exact) mass is 438 g/mol. The van der Waals surface area contributed by atoms with Gasteiger partial charge in [-0.1, -0.05) is 29.8 Å². The van der Waals surface area contributed by atoms with Crippen LogP contribution in [-0.4, -0.2) is 32.2 Å². The highest BCUT2D eigenvalue weighted by atomic mass is 32.2. The number of aryl methyl sites for hydroxylation is 3. The number of benzene rings is 2. The van der Waals surface area contributed by atoms with Gasteiger partial charge in [-0.2, -0.15) is 17.9 Å². The van der Waals surface area contributed by atoms with Crippen molar-refractivity contribution in [3.8, 4) is 5.75 Å². The predicted octanol–water partition coefficient (Wildman–Crippen LogP) is 4.45. The molecule has 1 unspecified atom stereocenters. The van der Waals surface area contributed by atoms with Crippen LogP contribution in [0.1, 0.15) is 16.7 Å². The second-order valence-electron chi connectivity index (χ2n) is 7.08. The number of rotatable bonds is 6. The summed E-state index contributed by atoms with van der Waals surface area (Å²) >= 11 is 0. The van der Waals surface area contributed by atoms with Gasteiger partial charge in [-0.25, -0.2) is 8.42 Å². The summed E-state index contributed by atoms with van der Waals surface area (Å²) in [4.78, 5) is 3.97. The highest BCUT2D eigenvalue weighted by molar-refractivity contribution is 7.89. The smallest absolute Gasteiger partial charge is 0.408 e. The quantitative estimate of drug-likeness (QED) is 0.618. The number of halogens is 3. The normalized spacial score (nSPS) is 13.4. The first-order valence-corrected chi connectivity index (χ1v) is 10.6. The van der Waals surface area contributed by atoms with Gasteiger partial charge in [0.15, 0.2) is 6.04 Å². The third-order valence-corrected chi connectivity index (χ3v) is 6.36. The zero-order valence-electron chi connectivity index (χ0n) is 16.6. The summed E-state index contributed by atoms with van der Waals surface area (Å²) in [5.41, 5.74) is 2.14. The van der Waals surface area contributed by atoms with Crippen LogP contribution in [0.5, 0.6) is 5.75 Å². The number of para-hydroxylation sites is 1. The molecule has 3 aromatic rings. The van der Waals surface area contributed by atoms with Gasteiger partial charge in [0.2, 0.25) is 10.0 Å². The second-order valence-corrected chi connectivity index (χ2v) is 8.73. The van der Waals surface area contributed by atoms with Crippen LogP contribution in [0.25, 0.3) is 10.9 Å². The molecule has 0 bridgehead atoms. The van der Waals surface area contributed by atoms with E-state index in [0.717, 1.165) is 5.56 Å². The minimum absolute atomic E-state index is 0.156. The van der Waals surface area contributed by atoms with E-state index in [1.54, 1.807) is 61.9 Å². The van der Waals surface area contributed by atoms with Gasteiger partial charge >= 0.3 is 6.18 Å². The lowest BCUT2D eigenvalue weighted by atomic mass is 10.1. The lowest BCUT2D eigenvalue weighted by Gasteiger charge is -2.23. The number of nitrogens with zero attached hydrogens (tertiary/aromatic N) is 1. The summed E-state index contributed by atoms with van der Waals surface area (Å²) in [6, 6.07) is 9.08. The van der Waals surface area contributed by atoms with E-state index in [1.807, 2.05) is 0 Å². The first-order chi connectivity index (χ1) is 14.0. The topological polar surface area (TPSA) is 68.3 Å². The van der Waals surface area contributed by atoms with Crippen LogP contribution in [0.3, 0.4) is 0 Å². The molecule has 0 saturated carbocycles. The molecule has 1 atom stereocenters. The average Bonchev–Trinajstić information content (AvgIpc) is 2.63. The SMILES string of the molecule is Cc1cc(C)c(S(=O)(=O)NC(COc2ccnc3ccccc23)C(F)(F)F)c(C)c1. The highest BCUT2D eigenvalue weighted by Crippen LogP contribution is 2.28. The Labute approximate surface area is 173 Å². The van der Waals surface area contributed by atoms with Crippen LogP contribution in [0.15, 0.2) is 53.6 Å². The Kier molecular flexibility index (Phi) is 6.05. The van der Waals surface area contributed by atoms with Gasteiger partial charge in [0.25, 0.3) is 0 Å². The molecule has 9 heteroatoms. The van der Waals surface area contributed by atoms with Crippen LogP contribution in [0.2, 0.25) is 0 Å². The molecule has 1 heterocycles. The largest absolute Gasteiger partial charge is 0.491 e. The van der Waals surface area contributed by atoms with E-state index in [0.29, 0.717) is 22.0 Å². The average molecular weight is 438 g/mol. The Hall–Kier alpha value is -2.65. The maximum absolute atomic E-state index is 13.6. The fraction of sp³-hybridized carbons (Fsp3) is 0.286. The van der Waals surface area contributed by atoms with Crippen molar-refractivity contribution in [2.24, 2.45) is 0 Å². The molecule has 30 heavy (non-hydrogen) atoms. The molecule has 0 spiro atoms. The Balaban J connectivity index is 1.89. The summed E-state index contributed by atoms with van der Waals surface area (Å²) in [6.07, 6.45) is -3.42. The Morgan fingerprint density at radius 1 is 1.07 bits per heavy atom. The van der Waals surface area contributed by atoms with Crippen LogP contribution in [0, 0.1) is 20.8 Å². The summed E-state index contributed by atoms with van der Waals surface area (Å²) in [7, 11) is -4.43. The number of sulfonamides is 1. The molecule has 1 N–H and O–H groups in total. The maximum Gasteiger partial charge on any atom is 0.408 e. The molecule has 0 saturated heterocycles. The van der Waals surface area contributed by atoms with Gasteiger partial charge in [0, 0.05) is 11.6 Å². The molecule has 5 nitrogen and oxygen atoms in total. The molecule has 0 amide bonds. The van der Waals surface area contributed by atoms with Crippen LogP contribution in [0.4, 0.5) is 13.2 Å². The highest BCUT2D eigenvalue weighted by Gasteiger charge is 2.43. The fourth-order valence-corrected chi connectivity index (χ4v) is 5.06. The van der Waals surface area contributed by atoms with Crippen molar-refractivity contribution in [1.29, 1.82) is 0 Å². The minimum atomic E-state index is -4.84. The van der Waals surface area contributed by atoms with E-state index in [9.17, 15) is 21.6 Å². The Bertz CT molecular complexity index is 1150. The number of fused-ring (bicyclic) bond motifs is 1. The van der Waals surface area contributed by atoms with Crippen LogP contribution < -0.4 is 9.46 Å². The molecule has 0 aliphatic heterocycles. The predicted molar refractivity (Wildman–Crippen MR) is 108 cm³/mol.